The van der Waals surface area contributed by atoms with Crippen molar-refractivity contribution in [3.05, 3.63) is 24.2 Å². The topological polar surface area (TPSA) is 53.7 Å². The van der Waals surface area contributed by atoms with Gasteiger partial charge in [0.1, 0.15) is 5.52 Å². The molecule has 0 spiro atoms. The van der Waals surface area contributed by atoms with E-state index in [0.29, 0.717) is 5.92 Å². The van der Waals surface area contributed by atoms with Crippen molar-refractivity contribution in [1.29, 1.82) is 0 Å². The molecule has 2 heterocycles. The van der Waals surface area contributed by atoms with Crippen LogP contribution in [0.25, 0.3) is 5.52 Å². The number of fused-ring (bicyclic) bond motifs is 1. The van der Waals surface area contributed by atoms with Crippen LogP contribution >= 0.6 is 0 Å². The molecular formula is C15H24N4O. The van der Waals surface area contributed by atoms with Crippen molar-refractivity contribution in [1.82, 2.24) is 14.6 Å². The predicted molar refractivity (Wildman–Crippen MR) is 81.3 cm³/mol. The van der Waals surface area contributed by atoms with Crippen LogP contribution in [-0.4, -0.2) is 39.9 Å². The molecule has 5 heteroatoms. The maximum Gasteiger partial charge on any atom is 0.154 e. The van der Waals surface area contributed by atoms with Crippen LogP contribution in [0.4, 0.5) is 5.82 Å². The largest absolute Gasteiger partial charge is 0.396 e. The number of rotatable bonds is 7. The van der Waals surface area contributed by atoms with Gasteiger partial charge < -0.3 is 10.0 Å². The number of aliphatic hydroxyl groups is 1. The molecule has 20 heavy (non-hydrogen) atoms. The van der Waals surface area contributed by atoms with Crippen LogP contribution in [-0.2, 0) is 0 Å². The molecule has 2 rings (SSSR count). The van der Waals surface area contributed by atoms with E-state index in [1.807, 2.05) is 10.7 Å². The van der Waals surface area contributed by atoms with Crippen molar-refractivity contribution < 1.29 is 5.11 Å². The standard InChI is InChI=1S/C15H24N4O/c1-12(2)13-11-14-15(16-7-9-19(14)17-13)18(3)8-5-4-6-10-20/h7,9,11-12,20H,4-6,8,10H2,1-3H3. The second-order valence-electron chi connectivity index (χ2n) is 5.51. The highest BCUT2D eigenvalue weighted by molar-refractivity contribution is 5.68. The van der Waals surface area contributed by atoms with E-state index in [4.69, 9.17) is 5.11 Å². The number of anilines is 1. The zero-order valence-corrected chi connectivity index (χ0v) is 12.6. The monoisotopic (exact) mass is 276 g/mol. The third-order valence-corrected chi connectivity index (χ3v) is 3.49. The number of aromatic nitrogens is 3. The van der Waals surface area contributed by atoms with E-state index in [0.717, 1.165) is 42.8 Å². The minimum atomic E-state index is 0.276. The van der Waals surface area contributed by atoms with Gasteiger partial charge in [-0.3, -0.25) is 0 Å². The molecular weight excluding hydrogens is 252 g/mol. The maximum atomic E-state index is 8.81. The lowest BCUT2D eigenvalue weighted by atomic mass is 10.1. The molecule has 2 aromatic heterocycles. The summed E-state index contributed by atoms with van der Waals surface area (Å²) in [5.41, 5.74) is 2.15. The molecule has 1 N–H and O–H groups in total. The zero-order chi connectivity index (χ0) is 14.5. The second-order valence-corrected chi connectivity index (χ2v) is 5.51. The first-order valence-electron chi connectivity index (χ1n) is 7.29. The van der Waals surface area contributed by atoms with Crippen molar-refractivity contribution in [2.45, 2.75) is 39.0 Å². The van der Waals surface area contributed by atoms with E-state index < -0.39 is 0 Å². The van der Waals surface area contributed by atoms with Gasteiger partial charge in [0.05, 0.1) is 5.69 Å². The fourth-order valence-corrected chi connectivity index (χ4v) is 2.25. The molecule has 0 unspecified atom stereocenters. The van der Waals surface area contributed by atoms with E-state index in [-0.39, 0.29) is 6.61 Å². The molecule has 0 aliphatic heterocycles. The quantitative estimate of drug-likeness (QED) is 0.789. The summed E-state index contributed by atoms with van der Waals surface area (Å²) in [5.74, 6) is 1.38. The van der Waals surface area contributed by atoms with Crippen LogP contribution < -0.4 is 4.90 Å². The van der Waals surface area contributed by atoms with Crippen molar-refractivity contribution in [3.8, 4) is 0 Å². The number of unbranched alkanes of at least 4 members (excludes halogenated alkanes) is 2. The Hall–Kier alpha value is -1.62. The first-order chi connectivity index (χ1) is 9.63. The molecule has 0 saturated heterocycles. The predicted octanol–water partition coefficient (Wildman–Crippen LogP) is 2.45. The van der Waals surface area contributed by atoms with Crippen LogP contribution in [0.2, 0.25) is 0 Å². The Bertz CT molecular complexity index is 550. The van der Waals surface area contributed by atoms with Gasteiger partial charge in [0.25, 0.3) is 0 Å². The van der Waals surface area contributed by atoms with Crippen LogP contribution in [0.1, 0.15) is 44.7 Å². The van der Waals surface area contributed by atoms with Crippen molar-refractivity contribution in [2.75, 3.05) is 25.1 Å². The first-order valence-corrected chi connectivity index (χ1v) is 7.29. The van der Waals surface area contributed by atoms with Crippen LogP contribution in [0, 0.1) is 0 Å². The van der Waals surface area contributed by atoms with E-state index in [1.165, 1.54) is 0 Å². The lowest BCUT2D eigenvalue weighted by molar-refractivity contribution is 0.283. The fourth-order valence-electron chi connectivity index (χ4n) is 2.25. The summed E-state index contributed by atoms with van der Waals surface area (Å²) in [7, 11) is 2.06. The summed E-state index contributed by atoms with van der Waals surface area (Å²) in [6.07, 6.45) is 6.66. The zero-order valence-electron chi connectivity index (χ0n) is 12.6. The van der Waals surface area contributed by atoms with Gasteiger partial charge in [-0.15, -0.1) is 0 Å². The highest BCUT2D eigenvalue weighted by Crippen LogP contribution is 2.22. The molecule has 0 saturated carbocycles. The third kappa shape index (κ3) is 3.28. The van der Waals surface area contributed by atoms with Gasteiger partial charge in [-0.2, -0.15) is 5.10 Å². The van der Waals surface area contributed by atoms with E-state index >= 15 is 0 Å². The Labute approximate surface area is 120 Å². The summed E-state index contributed by atoms with van der Waals surface area (Å²) < 4.78 is 1.90. The van der Waals surface area contributed by atoms with Gasteiger partial charge >= 0.3 is 0 Å². The summed E-state index contributed by atoms with van der Waals surface area (Å²) in [6.45, 7) is 5.51. The van der Waals surface area contributed by atoms with Gasteiger partial charge in [0.15, 0.2) is 5.82 Å². The van der Waals surface area contributed by atoms with Gasteiger partial charge in [0, 0.05) is 32.6 Å². The van der Waals surface area contributed by atoms with Crippen molar-refractivity contribution in [3.63, 3.8) is 0 Å². The molecule has 0 fully saturated rings. The summed E-state index contributed by atoms with van der Waals surface area (Å²) in [6, 6.07) is 2.12. The van der Waals surface area contributed by atoms with E-state index in [9.17, 15) is 0 Å². The highest BCUT2D eigenvalue weighted by Gasteiger charge is 2.12. The van der Waals surface area contributed by atoms with Gasteiger partial charge in [0.2, 0.25) is 0 Å². The Morgan fingerprint density at radius 2 is 2.10 bits per heavy atom. The molecule has 0 bridgehead atoms. The molecule has 110 valence electrons. The number of hydrogen-bond acceptors (Lipinski definition) is 4. The van der Waals surface area contributed by atoms with Crippen LogP contribution in [0.15, 0.2) is 18.5 Å². The van der Waals surface area contributed by atoms with Gasteiger partial charge in [-0.25, -0.2) is 9.50 Å². The Morgan fingerprint density at radius 1 is 1.30 bits per heavy atom. The number of aliphatic hydroxyl groups excluding tert-OH is 1. The minimum Gasteiger partial charge on any atom is -0.396 e. The van der Waals surface area contributed by atoms with Gasteiger partial charge in [-0.1, -0.05) is 13.8 Å². The summed E-state index contributed by atoms with van der Waals surface area (Å²) >= 11 is 0. The minimum absolute atomic E-state index is 0.276. The molecule has 5 nitrogen and oxygen atoms in total. The van der Waals surface area contributed by atoms with Crippen molar-refractivity contribution >= 4 is 11.3 Å². The SMILES string of the molecule is CC(C)c1cc2c(N(C)CCCCCO)nccn2n1. The average Bonchev–Trinajstić information content (AvgIpc) is 2.87. The Kier molecular flexibility index (Phi) is 4.95. The average molecular weight is 276 g/mol. The number of nitrogens with zero attached hydrogens (tertiary/aromatic N) is 4. The van der Waals surface area contributed by atoms with Crippen molar-refractivity contribution in [2.24, 2.45) is 0 Å². The Morgan fingerprint density at radius 3 is 2.80 bits per heavy atom. The van der Waals surface area contributed by atoms with Crippen LogP contribution in [0.3, 0.4) is 0 Å². The fraction of sp³-hybridized carbons (Fsp3) is 0.600. The highest BCUT2D eigenvalue weighted by atomic mass is 16.2. The molecule has 0 atom stereocenters. The number of hydrogen-bond donors (Lipinski definition) is 1. The van der Waals surface area contributed by atoms with Crippen LogP contribution in [0.5, 0.6) is 0 Å². The lowest BCUT2D eigenvalue weighted by Crippen LogP contribution is -2.20. The molecule has 0 aliphatic rings. The van der Waals surface area contributed by atoms with Gasteiger partial charge in [-0.05, 0) is 31.2 Å². The molecule has 0 amide bonds. The maximum absolute atomic E-state index is 8.81. The summed E-state index contributed by atoms with van der Waals surface area (Å²) in [5, 5.41) is 13.4. The van der Waals surface area contributed by atoms with E-state index in [1.54, 1.807) is 6.20 Å². The molecule has 2 aromatic rings. The summed E-state index contributed by atoms with van der Waals surface area (Å²) in [4.78, 5) is 6.66. The third-order valence-electron chi connectivity index (χ3n) is 3.49. The Balaban J connectivity index is 2.16. The first kappa shape index (κ1) is 14.8. The lowest BCUT2D eigenvalue weighted by Gasteiger charge is -2.18. The normalized spacial score (nSPS) is 11.4. The smallest absolute Gasteiger partial charge is 0.154 e. The van der Waals surface area contributed by atoms with E-state index in [2.05, 4.69) is 41.9 Å². The molecule has 0 aromatic carbocycles. The second kappa shape index (κ2) is 6.70. The molecule has 0 aliphatic carbocycles. The molecule has 0 radical (unpaired) electrons.